The predicted octanol–water partition coefficient (Wildman–Crippen LogP) is 3.83. The Labute approximate surface area is 124 Å². The van der Waals surface area contributed by atoms with Crippen molar-refractivity contribution in [1.29, 1.82) is 0 Å². The number of piperidine rings is 1. The highest BCUT2D eigenvalue weighted by atomic mass is 16.3. The molecule has 3 aliphatic rings. The van der Waals surface area contributed by atoms with E-state index >= 15 is 0 Å². The average molecular weight is 279 g/mol. The standard InChI is InChI=1S/C18H33NO/c1-18(2,3)14-9-10-17(20)16(12-14)19-11-5-7-13-6-4-8-15(13)19/h13-17,20H,4-12H2,1-3H3. The zero-order valence-electron chi connectivity index (χ0n) is 13.6. The molecule has 5 unspecified atom stereocenters. The van der Waals surface area contributed by atoms with Crippen LogP contribution in [-0.4, -0.2) is 34.7 Å². The van der Waals surface area contributed by atoms with E-state index in [2.05, 4.69) is 25.7 Å². The van der Waals surface area contributed by atoms with Crippen LogP contribution in [0.5, 0.6) is 0 Å². The van der Waals surface area contributed by atoms with E-state index in [-0.39, 0.29) is 6.10 Å². The number of fused-ring (bicyclic) bond motifs is 1. The van der Waals surface area contributed by atoms with Gasteiger partial charge < -0.3 is 5.11 Å². The van der Waals surface area contributed by atoms with Gasteiger partial charge >= 0.3 is 0 Å². The van der Waals surface area contributed by atoms with Crippen molar-refractivity contribution in [2.45, 2.75) is 90.3 Å². The molecule has 3 rings (SSSR count). The largest absolute Gasteiger partial charge is 0.391 e. The van der Waals surface area contributed by atoms with Crippen LogP contribution in [0.4, 0.5) is 0 Å². The minimum absolute atomic E-state index is 0.0760. The van der Waals surface area contributed by atoms with E-state index in [1.807, 2.05) is 0 Å². The van der Waals surface area contributed by atoms with Crippen LogP contribution in [0.25, 0.3) is 0 Å². The van der Waals surface area contributed by atoms with Gasteiger partial charge in [-0.15, -0.1) is 0 Å². The zero-order valence-corrected chi connectivity index (χ0v) is 13.6. The average Bonchev–Trinajstić information content (AvgIpc) is 2.86. The van der Waals surface area contributed by atoms with Crippen molar-refractivity contribution in [3.05, 3.63) is 0 Å². The van der Waals surface area contributed by atoms with Crippen LogP contribution in [-0.2, 0) is 0 Å². The smallest absolute Gasteiger partial charge is 0.0695 e. The molecule has 0 radical (unpaired) electrons. The Hall–Kier alpha value is -0.0800. The van der Waals surface area contributed by atoms with Gasteiger partial charge in [-0.25, -0.2) is 0 Å². The van der Waals surface area contributed by atoms with Crippen LogP contribution in [0.15, 0.2) is 0 Å². The number of nitrogens with zero attached hydrogens (tertiary/aromatic N) is 1. The van der Waals surface area contributed by atoms with Crippen LogP contribution in [0.2, 0.25) is 0 Å². The van der Waals surface area contributed by atoms with Gasteiger partial charge in [0.15, 0.2) is 0 Å². The second-order valence-electron chi connectivity index (χ2n) is 8.65. The summed E-state index contributed by atoms with van der Waals surface area (Å²) in [6.45, 7) is 8.36. The molecule has 1 heterocycles. The monoisotopic (exact) mass is 279 g/mol. The SMILES string of the molecule is CC(C)(C)C1CCC(O)C(N2CCCC3CCCC32)C1. The summed E-state index contributed by atoms with van der Waals surface area (Å²) in [4.78, 5) is 2.74. The number of hydrogen-bond acceptors (Lipinski definition) is 2. The van der Waals surface area contributed by atoms with E-state index < -0.39 is 0 Å². The minimum Gasteiger partial charge on any atom is -0.391 e. The summed E-state index contributed by atoms with van der Waals surface area (Å²) in [6, 6.07) is 1.24. The van der Waals surface area contributed by atoms with Crippen LogP contribution in [0, 0.1) is 17.3 Å². The Balaban J connectivity index is 1.73. The predicted molar refractivity (Wildman–Crippen MR) is 83.7 cm³/mol. The maximum atomic E-state index is 10.6. The lowest BCUT2D eigenvalue weighted by Gasteiger charge is -2.49. The summed E-state index contributed by atoms with van der Waals surface area (Å²) in [5.74, 6) is 1.71. The van der Waals surface area contributed by atoms with E-state index in [0.717, 1.165) is 24.3 Å². The number of likely N-dealkylation sites (tertiary alicyclic amines) is 1. The third-order valence-electron chi connectivity index (χ3n) is 6.47. The fraction of sp³-hybridized carbons (Fsp3) is 1.00. The lowest BCUT2D eigenvalue weighted by molar-refractivity contribution is -0.0510. The second kappa shape index (κ2) is 5.61. The van der Waals surface area contributed by atoms with Gasteiger partial charge in [0, 0.05) is 12.1 Å². The van der Waals surface area contributed by atoms with Gasteiger partial charge in [-0.05, 0) is 68.7 Å². The lowest BCUT2D eigenvalue weighted by atomic mass is 9.69. The van der Waals surface area contributed by atoms with Gasteiger partial charge in [-0.2, -0.15) is 0 Å². The third-order valence-corrected chi connectivity index (χ3v) is 6.47. The molecular formula is C18H33NO. The Bertz CT molecular complexity index is 335. The van der Waals surface area contributed by atoms with E-state index in [4.69, 9.17) is 0 Å². The molecular weight excluding hydrogens is 246 g/mol. The highest BCUT2D eigenvalue weighted by Crippen LogP contribution is 2.44. The Morgan fingerprint density at radius 2 is 1.65 bits per heavy atom. The maximum Gasteiger partial charge on any atom is 0.0695 e. The molecule has 5 atom stereocenters. The summed E-state index contributed by atoms with van der Waals surface area (Å²) in [5.41, 5.74) is 0.392. The summed E-state index contributed by atoms with van der Waals surface area (Å²) >= 11 is 0. The maximum absolute atomic E-state index is 10.6. The second-order valence-corrected chi connectivity index (χ2v) is 8.65. The van der Waals surface area contributed by atoms with Crippen LogP contribution in [0.3, 0.4) is 0 Å². The highest BCUT2D eigenvalue weighted by Gasteiger charge is 2.43. The third kappa shape index (κ3) is 2.78. The first-order valence-electron chi connectivity index (χ1n) is 8.90. The number of aliphatic hydroxyl groups is 1. The molecule has 2 aliphatic carbocycles. The Morgan fingerprint density at radius 3 is 2.40 bits per heavy atom. The van der Waals surface area contributed by atoms with Crippen LogP contribution >= 0.6 is 0 Å². The van der Waals surface area contributed by atoms with Crippen molar-refractivity contribution in [3.63, 3.8) is 0 Å². The molecule has 3 fully saturated rings. The molecule has 116 valence electrons. The van der Waals surface area contributed by atoms with Gasteiger partial charge in [0.05, 0.1) is 6.10 Å². The quantitative estimate of drug-likeness (QED) is 0.788. The fourth-order valence-corrected chi connectivity index (χ4v) is 5.18. The van der Waals surface area contributed by atoms with E-state index in [9.17, 15) is 5.11 Å². The van der Waals surface area contributed by atoms with Crippen molar-refractivity contribution < 1.29 is 5.11 Å². The molecule has 0 aromatic carbocycles. The van der Waals surface area contributed by atoms with Gasteiger partial charge in [0.2, 0.25) is 0 Å². The fourth-order valence-electron chi connectivity index (χ4n) is 5.18. The van der Waals surface area contributed by atoms with Gasteiger partial charge in [0.25, 0.3) is 0 Å². The molecule has 0 bridgehead atoms. The Morgan fingerprint density at radius 1 is 0.900 bits per heavy atom. The molecule has 2 heteroatoms. The Kier molecular flexibility index (Phi) is 4.16. The summed E-state index contributed by atoms with van der Waals surface area (Å²) in [6.07, 6.45) is 10.4. The van der Waals surface area contributed by atoms with Crippen molar-refractivity contribution in [2.75, 3.05) is 6.54 Å². The first-order valence-corrected chi connectivity index (χ1v) is 8.90. The summed E-state index contributed by atoms with van der Waals surface area (Å²) < 4.78 is 0. The van der Waals surface area contributed by atoms with E-state index in [1.165, 1.54) is 51.5 Å². The minimum atomic E-state index is -0.0760. The molecule has 2 nitrogen and oxygen atoms in total. The van der Waals surface area contributed by atoms with E-state index in [1.54, 1.807) is 0 Å². The van der Waals surface area contributed by atoms with Crippen molar-refractivity contribution in [2.24, 2.45) is 17.3 Å². The number of hydrogen-bond donors (Lipinski definition) is 1. The molecule has 0 aromatic rings. The molecule has 1 saturated heterocycles. The van der Waals surface area contributed by atoms with Gasteiger partial charge in [-0.1, -0.05) is 27.2 Å². The molecule has 0 amide bonds. The van der Waals surface area contributed by atoms with Gasteiger partial charge in [-0.3, -0.25) is 4.90 Å². The highest BCUT2D eigenvalue weighted by molar-refractivity contribution is 4.97. The first kappa shape index (κ1) is 14.8. The molecule has 0 spiro atoms. The van der Waals surface area contributed by atoms with E-state index in [0.29, 0.717) is 11.5 Å². The molecule has 0 aromatic heterocycles. The molecule has 20 heavy (non-hydrogen) atoms. The van der Waals surface area contributed by atoms with Crippen LogP contribution in [0.1, 0.15) is 72.1 Å². The lowest BCUT2D eigenvalue weighted by Crippen LogP contribution is -2.55. The molecule has 1 aliphatic heterocycles. The zero-order chi connectivity index (χ0) is 14.3. The molecule has 2 saturated carbocycles. The van der Waals surface area contributed by atoms with Crippen molar-refractivity contribution >= 4 is 0 Å². The normalized spacial score (nSPS) is 43.5. The van der Waals surface area contributed by atoms with Gasteiger partial charge in [0.1, 0.15) is 0 Å². The molecule has 1 N–H and O–H groups in total. The number of aliphatic hydroxyl groups excluding tert-OH is 1. The number of rotatable bonds is 1. The topological polar surface area (TPSA) is 23.5 Å². The summed E-state index contributed by atoms with van der Waals surface area (Å²) in [7, 11) is 0. The van der Waals surface area contributed by atoms with Crippen molar-refractivity contribution in [1.82, 2.24) is 4.90 Å². The first-order chi connectivity index (χ1) is 9.47. The van der Waals surface area contributed by atoms with Crippen molar-refractivity contribution in [3.8, 4) is 0 Å². The summed E-state index contributed by atoms with van der Waals surface area (Å²) in [5, 5.41) is 10.6. The van der Waals surface area contributed by atoms with Crippen LogP contribution < -0.4 is 0 Å².